The first-order valence-corrected chi connectivity index (χ1v) is 7.02. The molecule has 7 N–H and O–H groups in total. The van der Waals surface area contributed by atoms with Crippen molar-refractivity contribution in [3.63, 3.8) is 0 Å². The summed E-state index contributed by atoms with van der Waals surface area (Å²) in [4.78, 5) is 15.7. The lowest BCUT2D eigenvalue weighted by molar-refractivity contribution is 1.33. The Hall–Kier alpha value is -3.35. The van der Waals surface area contributed by atoms with E-state index < -0.39 is 0 Å². The number of fused-ring (bicyclic) bond motifs is 1. The second kappa shape index (κ2) is 5.80. The summed E-state index contributed by atoms with van der Waals surface area (Å²) in [6.45, 7) is 2.05. The molecule has 0 radical (unpaired) electrons. The molecule has 23 heavy (non-hydrogen) atoms. The van der Waals surface area contributed by atoms with Gasteiger partial charge in [-0.25, -0.2) is 9.98 Å². The lowest BCUT2D eigenvalue weighted by atomic mass is 10.2. The minimum absolute atomic E-state index is 0.0111. The number of nitrogens with two attached hydrogens (primary N) is 3. The summed E-state index contributed by atoms with van der Waals surface area (Å²) < 4.78 is 0. The Bertz CT molecular complexity index is 900. The van der Waals surface area contributed by atoms with E-state index in [9.17, 15) is 0 Å². The highest BCUT2D eigenvalue weighted by atomic mass is 15.1. The Morgan fingerprint density at radius 3 is 2.48 bits per heavy atom. The van der Waals surface area contributed by atoms with E-state index in [1.54, 1.807) is 0 Å². The van der Waals surface area contributed by atoms with E-state index in [0.717, 1.165) is 22.4 Å². The van der Waals surface area contributed by atoms with Gasteiger partial charge in [0.2, 0.25) is 5.96 Å². The molecule has 7 nitrogen and oxygen atoms in total. The van der Waals surface area contributed by atoms with Crippen molar-refractivity contribution in [1.82, 2.24) is 9.97 Å². The standard InChI is InChI=1S/C16H17N7/c1-9-2-7-12-13(8-9)22-14(21-12)10-3-5-11(6-4-10)20-16(19)23-15(17)18/h2-8H,1H3,(H,21,22)(H6,17,18,19,20,23). The zero-order valence-corrected chi connectivity index (χ0v) is 12.6. The number of guanidine groups is 2. The third-order valence-corrected chi connectivity index (χ3v) is 3.27. The van der Waals surface area contributed by atoms with Crippen LogP contribution in [-0.2, 0) is 0 Å². The molecular formula is C16H17N7. The van der Waals surface area contributed by atoms with Gasteiger partial charge in [0, 0.05) is 5.56 Å². The highest BCUT2D eigenvalue weighted by molar-refractivity contribution is 5.93. The van der Waals surface area contributed by atoms with Crippen LogP contribution in [0.3, 0.4) is 0 Å². The maximum atomic E-state index is 5.60. The van der Waals surface area contributed by atoms with E-state index in [1.807, 2.05) is 43.3 Å². The topological polar surface area (TPSA) is 131 Å². The van der Waals surface area contributed by atoms with Gasteiger partial charge in [0.25, 0.3) is 0 Å². The van der Waals surface area contributed by atoms with Crippen LogP contribution >= 0.6 is 0 Å². The Morgan fingerprint density at radius 2 is 1.78 bits per heavy atom. The van der Waals surface area contributed by atoms with Crippen molar-refractivity contribution >= 4 is 28.6 Å². The number of rotatable bonds is 2. The molecule has 0 saturated carbocycles. The first kappa shape index (κ1) is 14.6. The van der Waals surface area contributed by atoms with Gasteiger partial charge >= 0.3 is 0 Å². The number of aromatic nitrogens is 2. The molecule has 3 aromatic rings. The van der Waals surface area contributed by atoms with Gasteiger partial charge in [-0.15, -0.1) is 0 Å². The van der Waals surface area contributed by atoms with E-state index in [0.29, 0.717) is 5.69 Å². The fourth-order valence-corrected chi connectivity index (χ4v) is 2.24. The minimum Gasteiger partial charge on any atom is -0.370 e. The number of imidazole rings is 1. The predicted octanol–water partition coefficient (Wildman–Crippen LogP) is 1.76. The first-order chi connectivity index (χ1) is 11.0. The first-order valence-electron chi connectivity index (χ1n) is 7.02. The Balaban J connectivity index is 1.90. The molecule has 1 aromatic heterocycles. The van der Waals surface area contributed by atoms with E-state index >= 15 is 0 Å². The molecule has 0 atom stereocenters. The van der Waals surface area contributed by atoms with Crippen LogP contribution in [0.5, 0.6) is 0 Å². The largest absolute Gasteiger partial charge is 0.370 e. The van der Waals surface area contributed by atoms with Crippen molar-refractivity contribution < 1.29 is 0 Å². The Morgan fingerprint density at radius 1 is 1.04 bits per heavy atom. The highest BCUT2D eigenvalue weighted by Crippen LogP contribution is 2.23. The summed E-state index contributed by atoms with van der Waals surface area (Å²) >= 11 is 0. The van der Waals surface area contributed by atoms with Crippen LogP contribution in [0, 0.1) is 6.92 Å². The molecule has 0 spiro atoms. The SMILES string of the molecule is Cc1ccc2nc(-c3ccc(N=C(N)N=C(N)N)cc3)[nH]c2c1. The van der Waals surface area contributed by atoms with Crippen molar-refractivity contribution in [1.29, 1.82) is 0 Å². The van der Waals surface area contributed by atoms with Gasteiger partial charge in [-0.05, 0) is 48.9 Å². The van der Waals surface area contributed by atoms with Crippen LogP contribution < -0.4 is 17.2 Å². The summed E-state index contributed by atoms with van der Waals surface area (Å²) in [5.74, 6) is 0.690. The number of benzene rings is 2. The molecule has 7 heteroatoms. The van der Waals surface area contributed by atoms with Crippen LogP contribution in [0.15, 0.2) is 52.4 Å². The van der Waals surface area contributed by atoms with Gasteiger partial charge in [0.05, 0.1) is 16.7 Å². The zero-order chi connectivity index (χ0) is 16.4. The number of aliphatic imine (C=N–C) groups is 2. The van der Waals surface area contributed by atoms with Crippen molar-refractivity contribution in [3.8, 4) is 11.4 Å². The number of hydrogen-bond donors (Lipinski definition) is 4. The van der Waals surface area contributed by atoms with Crippen molar-refractivity contribution in [2.75, 3.05) is 0 Å². The minimum atomic E-state index is -0.125. The lowest BCUT2D eigenvalue weighted by Crippen LogP contribution is -2.26. The number of hydrogen-bond acceptors (Lipinski definition) is 2. The highest BCUT2D eigenvalue weighted by Gasteiger charge is 2.05. The fourth-order valence-electron chi connectivity index (χ4n) is 2.24. The molecule has 2 aromatic carbocycles. The summed E-state index contributed by atoms with van der Waals surface area (Å²) in [5.41, 5.74) is 20.9. The van der Waals surface area contributed by atoms with Gasteiger partial charge in [-0.3, -0.25) is 0 Å². The Kier molecular flexibility index (Phi) is 3.68. The number of aromatic amines is 1. The molecular weight excluding hydrogens is 290 g/mol. The molecule has 0 aliphatic carbocycles. The van der Waals surface area contributed by atoms with Crippen LogP contribution in [0.25, 0.3) is 22.4 Å². The summed E-state index contributed by atoms with van der Waals surface area (Å²) in [6.07, 6.45) is 0. The van der Waals surface area contributed by atoms with Gasteiger partial charge in [0.1, 0.15) is 5.82 Å². The van der Waals surface area contributed by atoms with Crippen LogP contribution in [0.4, 0.5) is 5.69 Å². The van der Waals surface area contributed by atoms with Crippen molar-refractivity contribution in [3.05, 3.63) is 48.0 Å². The molecule has 0 aliphatic rings. The van der Waals surface area contributed by atoms with Crippen LogP contribution in [-0.4, -0.2) is 21.9 Å². The number of H-pyrrole nitrogens is 1. The third kappa shape index (κ3) is 3.29. The van der Waals surface area contributed by atoms with E-state index in [2.05, 4.69) is 26.0 Å². The summed E-state index contributed by atoms with van der Waals surface area (Å²) in [6, 6.07) is 13.6. The van der Waals surface area contributed by atoms with Crippen LogP contribution in [0.1, 0.15) is 5.56 Å². The number of aryl methyl sites for hydroxylation is 1. The van der Waals surface area contributed by atoms with Gasteiger partial charge < -0.3 is 22.2 Å². The van der Waals surface area contributed by atoms with E-state index in [1.165, 1.54) is 5.56 Å². The second-order valence-electron chi connectivity index (χ2n) is 5.16. The predicted molar refractivity (Wildman–Crippen MR) is 93.4 cm³/mol. The summed E-state index contributed by atoms with van der Waals surface area (Å²) in [7, 11) is 0. The maximum Gasteiger partial charge on any atom is 0.223 e. The van der Waals surface area contributed by atoms with Crippen molar-refractivity contribution in [2.24, 2.45) is 27.2 Å². The molecule has 3 rings (SSSR count). The van der Waals surface area contributed by atoms with E-state index in [4.69, 9.17) is 17.2 Å². The average Bonchev–Trinajstić information content (AvgIpc) is 2.90. The molecule has 1 heterocycles. The molecule has 0 fully saturated rings. The second-order valence-corrected chi connectivity index (χ2v) is 5.16. The number of nitrogens with zero attached hydrogens (tertiary/aromatic N) is 3. The zero-order valence-electron chi connectivity index (χ0n) is 12.6. The quantitative estimate of drug-likeness (QED) is 0.424. The van der Waals surface area contributed by atoms with Gasteiger partial charge in [0.15, 0.2) is 5.96 Å². The molecule has 0 unspecified atom stereocenters. The molecule has 0 saturated heterocycles. The molecule has 0 amide bonds. The normalized spacial score (nSPS) is 11.6. The Labute approximate surface area is 133 Å². The molecule has 0 aliphatic heterocycles. The van der Waals surface area contributed by atoms with Crippen LogP contribution in [0.2, 0.25) is 0 Å². The molecule has 116 valence electrons. The van der Waals surface area contributed by atoms with Gasteiger partial charge in [-0.2, -0.15) is 4.99 Å². The third-order valence-electron chi connectivity index (χ3n) is 3.27. The number of nitrogens with one attached hydrogen (secondary N) is 1. The summed E-state index contributed by atoms with van der Waals surface area (Å²) in [5, 5.41) is 0. The lowest BCUT2D eigenvalue weighted by Gasteiger charge is -1.99. The molecule has 0 bridgehead atoms. The monoisotopic (exact) mass is 307 g/mol. The van der Waals surface area contributed by atoms with Gasteiger partial charge in [-0.1, -0.05) is 6.07 Å². The van der Waals surface area contributed by atoms with Crippen molar-refractivity contribution in [2.45, 2.75) is 6.92 Å². The van der Waals surface area contributed by atoms with E-state index in [-0.39, 0.29) is 11.9 Å². The maximum absolute atomic E-state index is 5.60. The average molecular weight is 307 g/mol. The fraction of sp³-hybridized carbons (Fsp3) is 0.0625. The smallest absolute Gasteiger partial charge is 0.223 e.